The monoisotopic (exact) mass is 294 g/mol. The van der Waals surface area contributed by atoms with Crippen molar-refractivity contribution in [2.45, 2.75) is 18.2 Å². The number of aryl methyl sites for hydroxylation is 1. The maximum absolute atomic E-state index is 12.1. The van der Waals surface area contributed by atoms with Crippen LogP contribution in [0.1, 0.15) is 12.7 Å². The molecule has 0 atom stereocenters. The minimum atomic E-state index is -3.47. The topological polar surface area (TPSA) is 81.2 Å². The van der Waals surface area contributed by atoms with Crippen molar-refractivity contribution in [2.75, 3.05) is 19.8 Å². The fourth-order valence-electron chi connectivity index (χ4n) is 1.94. The van der Waals surface area contributed by atoms with Gasteiger partial charge in [-0.2, -0.15) is 0 Å². The van der Waals surface area contributed by atoms with E-state index in [1.54, 1.807) is 18.3 Å². The van der Waals surface area contributed by atoms with Gasteiger partial charge in [0.2, 0.25) is 10.0 Å². The molecule has 0 spiro atoms. The third-order valence-corrected chi connectivity index (χ3v) is 4.88. The molecule has 2 rings (SSSR count). The van der Waals surface area contributed by atoms with Crippen molar-refractivity contribution in [2.24, 2.45) is 0 Å². The molecule has 0 unspecified atom stereocenters. The van der Waals surface area contributed by atoms with E-state index in [4.69, 9.17) is 5.73 Å². The molecule has 0 saturated heterocycles. The van der Waals surface area contributed by atoms with Crippen LogP contribution in [-0.4, -0.2) is 36.4 Å². The van der Waals surface area contributed by atoms with Gasteiger partial charge in [0.05, 0.1) is 16.3 Å². The zero-order valence-corrected chi connectivity index (χ0v) is 12.6. The largest absolute Gasteiger partial charge is 0.397 e. The molecule has 0 bridgehead atoms. The van der Waals surface area contributed by atoms with Gasteiger partial charge in [0.1, 0.15) is 5.82 Å². The summed E-state index contributed by atoms with van der Waals surface area (Å²) in [6, 6.07) is 4.73. The predicted molar refractivity (Wildman–Crippen MR) is 78.2 cm³/mol. The number of anilines is 1. The number of sulfonamides is 1. The first-order valence-corrected chi connectivity index (χ1v) is 7.66. The molecule has 1 aromatic carbocycles. The number of nitrogens with zero attached hydrogens (tertiary/aromatic N) is 3. The number of hydrogen-bond donors (Lipinski definition) is 1. The van der Waals surface area contributed by atoms with Crippen LogP contribution in [0.2, 0.25) is 0 Å². The third kappa shape index (κ3) is 2.41. The molecule has 2 N–H and O–H groups in total. The van der Waals surface area contributed by atoms with Gasteiger partial charge in [0.25, 0.3) is 0 Å². The lowest BCUT2D eigenvalue weighted by Gasteiger charge is -2.14. The zero-order chi connectivity index (χ0) is 14.9. The molecule has 0 aliphatic rings. The van der Waals surface area contributed by atoms with Crippen LogP contribution in [0.15, 0.2) is 35.5 Å². The van der Waals surface area contributed by atoms with E-state index in [1.807, 2.05) is 17.7 Å². The van der Waals surface area contributed by atoms with Crippen molar-refractivity contribution in [1.29, 1.82) is 0 Å². The van der Waals surface area contributed by atoms with Gasteiger partial charge in [0.15, 0.2) is 0 Å². The summed E-state index contributed by atoms with van der Waals surface area (Å²) in [5.41, 5.74) is 7.14. The SMILES string of the molecule is CCc1nccn1-c1ccc(S(=O)(=O)N(C)C)cc1N. The molecule has 20 heavy (non-hydrogen) atoms. The Morgan fingerprint density at radius 1 is 1.35 bits per heavy atom. The average molecular weight is 294 g/mol. The third-order valence-electron chi connectivity index (χ3n) is 3.07. The molecule has 7 heteroatoms. The van der Waals surface area contributed by atoms with Crippen molar-refractivity contribution >= 4 is 15.7 Å². The van der Waals surface area contributed by atoms with Crippen molar-refractivity contribution in [3.8, 4) is 5.69 Å². The Hall–Kier alpha value is -1.86. The predicted octanol–water partition coefficient (Wildman–Crippen LogP) is 1.27. The van der Waals surface area contributed by atoms with E-state index in [1.165, 1.54) is 20.2 Å². The standard InChI is InChI=1S/C13H18N4O2S/c1-4-13-15-7-8-17(13)12-6-5-10(9-11(12)14)20(18,19)16(2)3/h5-9H,4,14H2,1-3H3. The normalized spacial score (nSPS) is 12.0. The number of nitrogens with two attached hydrogens (primary N) is 1. The fraction of sp³-hybridized carbons (Fsp3) is 0.308. The lowest BCUT2D eigenvalue weighted by molar-refractivity contribution is 0.521. The molecule has 0 amide bonds. The first-order chi connectivity index (χ1) is 9.37. The van der Waals surface area contributed by atoms with Crippen molar-refractivity contribution < 1.29 is 8.42 Å². The molecule has 1 aromatic heterocycles. The number of nitrogen functional groups attached to an aromatic ring is 1. The van der Waals surface area contributed by atoms with Gasteiger partial charge in [-0.3, -0.25) is 0 Å². The summed E-state index contributed by atoms with van der Waals surface area (Å²) in [5.74, 6) is 0.875. The second-order valence-electron chi connectivity index (χ2n) is 4.58. The molecule has 1 heterocycles. The zero-order valence-electron chi connectivity index (χ0n) is 11.7. The van der Waals surface area contributed by atoms with E-state index in [9.17, 15) is 8.42 Å². The summed E-state index contributed by atoms with van der Waals surface area (Å²) >= 11 is 0. The lowest BCUT2D eigenvalue weighted by Crippen LogP contribution is -2.22. The van der Waals surface area contributed by atoms with Crippen LogP contribution in [0.25, 0.3) is 5.69 Å². The summed E-state index contributed by atoms with van der Waals surface area (Å²) in [4.78, 5) is 4.41. The first kappa shape index (κ1) is 14.5. The number of hydrogen-bond acceptors (Lipinski definition) is 4. The Morgan fingerprint density at radius 2 is 2.05 bits per heavy atom. The Kier molecular flexibility index (Phi) is 3.82. The minimum Gasteiger partial charge on any atom is -0.397 e. The number of aromatic nitrogens is 2. The Balaban J connectivity index is 2.52. The van der Waals surface area contributed by atoms with Gasteiger partial charge in [0, 0.05) is 32.9 Å². The molecule has 0 saturated carbocycles. The van der Waals surface area contributed by atoms with Crippen LogP contribution < -0.4 is 5.73 Å². The first-order valence-electron chi connectivity index (χ1n) is 6.22. The van der Waals surface area contributed by atoms with E-state index in [-0.39, 0.29) is 4.90 Å². The number of benzene rings is 1. The van der Waals surface area contributed by atoms with Gasteiger partial charge in [-0.05, 0) is 18.2 Å². The average Bonchev–Trinajstić information content (AvgIpc) is 2.86. The number of imidazole rings is 1. The molecule has 0 fully saturated rings. The van der Waals surface area contributed by atoms with E-state index in [2.05, 4.69) is 4.98 Å². The molecule has 108 valence electrons. The Labute approximate surface area is 118 Å². The smallest absolute Gasteiger partial charge is 0.242 e. The van der Waals surface area contributed by atoms with Crippen molar-refractivity contribution in [3.63, 3.8) is 0 Å². The van der Waals surface area contributed by atoms with Gasteiger partial charge >= 0.3 is 0 Å². The van der Waals surface area contributed by atoms with Gasteiger partial charge in [-0.1, -0.05) is 6.92 Å². The minimum absolute atomic E-state index is 0.182. The Bertz CT molecular complexity index is 720. The van der Waals surface area contributed by atoms with Crippen LogP contribution in [-0.2, 0) is 16.4 Å². The molecule has 0 aliphatic carbocycles. The van der Waals surface area contributed by atoms with E-state index >= 15 is 0 Å². The maximum Gasteiger partial charge on any atom is 0.242 e. The molecular formula is C13H18N4O2S. The summed E-state index contributed by atoms with van der Waals surface area (Å²) in [5, 5.41) is 0. The second-order valence-corrected chi connectivity index (χ2v) is 6.73. The maximum atomic E-state index is 12.1. The van der Waals surface area contributed by atoms with Crippen LogP contribution in [0.5, 0.6) is 0 Å². The van der Waals surface area contributed by atoms with Gasteiger partial charge in [-0.15, -0.1) is 0 Å². The quantitative estimate of drug-likeness (QED) is 0.861. The molecule has 0 radical (unpaired) electrons. The molecule has 6 nitrogen and oxygen atoms in total. The second kappa shape index (κ2) is 5.26. The lowest BCUT2D eigenvalue weighted by atomic mass is 10.2. The summed E-state index contributed by atoms with van der Waals surface area (Å²) in [6.45, 7) is 2.00. The van der Waals surface area contributed by atoms with E-state index in [0.717, 1.165) is 22.2 Å². The summed E-state index contributed by atoms with van der Waals surface area (Å²) in [7, 11) is -0.491. The highest BCUT2D eigenvalue weighted by Gasteiger charge is 2.18. The number of rotatable bonds is 4. The van der Waals surface area contributed by atoms with Crippen LogP contribution in [0, 0.1) is 0 Å². The molecular weight excluding hydrogens is 276 g/mol. The van der Waals surface area contributed by atoms with Gasteiger partial charge in [-0.25, -0.2) is 17.7 Å². The van der Waals surface area contributed by atoms with E-state index < -0.39 is 10.0 Å². The Morgan fingerprint density at radius 3 is 2.60 bits per heavy atom. The fourth-order valence-corrected chi connectivity index (χ4v) is 2.88. The highest BCUT2D eigenvalue weighted by Crippen LogP contribution is 2.24. The highest BCUT2D eigenvalue weighted by atomic mass is 32.2. The van der Waals surface area contributed by atoms with Crippen molar-refractivity contribution in [1.82, 2.24) is 13.9 Å². The molecule has 2 aromatic rings. The highest BCUT2D eigenvalue weighted by molar-refractivity contribution is 7.89. The van der Waals surface area contributed by atoms with Crippen molar-refractivity contribution in [3.05, 3.63) is 36.4 Å². The van der Waals surface area contributed by atoms with E-state index in [0.29, 0.717) is 5.69 Å². The van der Waals surface area contributed by atoms with Crippen LogP contribution in [0.4, 0.5) is 5.69 Å². The molecule has 0 aliphatic heterocycles. The van der Waals surface area contributed by atoms with Gasteiger partial charge < -0.3 is 10.3 Å². The van der Waals surface area contributed by atoms with Crippen LogP contribution in [0.3, 0.4) is 0 Å². The summed E-state index contributed by atoms with van der Waals surface area (Å²) in [6.07, 6.45) is 4.28. The summed E-state index contributed by atoms with van der Waals surface area (Å²) < 4.78 is 27.1. The van der Waals surface area contributed by atoms with Crippen LogP contribution >= 0.6 is 0 Å².